The highest BCUT2D eigenvalue weighted by Crippen LogP contribution is 2.26. The normalized spacial score (nSPS) is 10.9. The van der Waals surface area contributed by atoms with Gasteiger partial charge in [0.25, 0.3) is 0 Å². The average Bonchev–Trinajstić information content (AvgIpc) is 3.13. The van der Waals surface area contributed by atoms with Crippen LogP contribution in [-0.4, -0.2) is 37.8 Å². The van der Waals surface area contributed by atoms with E-state index in [1.165, 1.54) is 5.56 Å². The van der Waals surface area contributed by atoms with E-state index >= 15 is 0 Å². The highest BCUT2D eigenvalue weighted by molar-refractivity contribution is 5.87. The first kappa shape index (κ1) is 17.0. The van der Waals surface area contributed by atoms with Crippen molar-refractivity contribution in [2.75, 3.05) is 23.8 Å². The van der Waals surface area contributed by atoms with Gasteiger partial charge in [0, 0.05) is 17.9 Å². The molecule has 2 aromatic carbocycles. The molecule has 0 fully saturated rings. The van der Waals surface area contributed by atoms with Gasteiger partial charge in [-0.25, -0.2) is 4.98 Å². The van der Waals surface area contributed by atoms with Crippen LogP contribution in [-0.2, 0) is 0 Å². The molecule has 3 N–H and O–H groups in total. The molecule has 27 heavy (non-hydrogen) atoms. The number of imidazole rings is 1. The van der Waals surface area contributed by atoms with Gasteiger partial charge in [-0.15, -0.1) is 0 Å². The van der Waals surface area contributed by atoms with Crippen molar-refractivity contribution in [3.05, 3.63) is 66.5 Å². The Balaban J connectivity index is 1.81. The second-order valence-corrected chi connectivity index (χ2v) is 6.16. The molecular weight excluding hydrogens is 340 g/mol. The summed E-state index contributed by atoms with van der Waals surface area (Å²) >= 11 is 0. The smallest absolute Gasteiger partial charge is 0.226 e. The van der Waals surface area contributed by atoms with Crippen molar-refractivity contribution >= 4 is 28.6 Å². The zero-order valence-electron chi connectivity index (χ0n) is 14.9. The van der Waals surface area contributed by atoms with Gasteiger partial charge >= 0.3 is 0 Å². The SMILES string of the molecule is Cc1ccc(Nc2nc(NCCO)nc3c2ncn3-c2ccccc2)cc1. The third-order valence-electron chi connectivity index (χ3n) is 4.14. The number of benzene rings is 2. The summed E-state index contributed by atoms with van der Waals surface area (Å²) in [7, 11) is 0. The molecule has 0 aliphatic rings. The number of nitrogens with zero attached hydrogens (tertiary/aromatic N) is 4. The Morgan fingerprint density at radius 2 is 1.78 bits per heavy atom. The average molecular weight is 360 g/mol. The van der Waals surface area contributed by atoms with Crippen molar-refractivity contribution in [3.8, 4) is 5.69 Å². The molecular formula is C20H20N6O. The number of aliphatic hydroxyl groups is 1. The van der Waals surface area contributed by atoms with E-state index in [-0.39, 0.29) is 6.61 Å². The lowest BCUT2D eigenvalue weighted by atomic mass is 10.2. The van der Waals surface area contributed by atoms with E-state index < -0.39 is 0 Å². The van der Waals surface area contributed by atoms with E-state index in [0.29, 0.717) is 29.5 Å². The van der Waals surface area contributed by atoms with Crippen LogP contribution in [0.25, 0.3) is 16.9 Å². The van der Waals surface area contributed by atoms with E-state index in [1.54, 1.807) is 6.33 Å². The van der Waals surface area contributed by atoms with E-state index in [4.69, 9.17) is 5.11 Å². The van der Waals surface area contributed by atoms with Gasteiger partial charge in [0.2, 0.25) is 5.95 Å². The Bertz CT molecular complexity index is 1040. The molecule has 0 aliphatic heterocycles. The number of para-hydroxylation sites is 1. The predicted octanol–water partition coefficient (Wildman–Crippen LogP) is 3.27. The third-order valence-corrected chi connectivity index (χ3v) is 4.14. The van der Waals surface area contributed by atoms with Crippen LogP contribution in [0.2, 0.25) is 0 Å². The lowest BCUT2D eigenvalue weighted by molar-refractivity contribution is 0.311. The molecule has 2 heterocycles. The molecule has 4 aromatic rings. The van der Waals surface area contributed by atoms with Crippen LogP contribution in [0.5, 0.6) is 0 Å². The Kier molecular flexibility index (Phi) is 4.67. The summed E-state index contributed by atoms with van der Waals surface area (Å²) in [4.78, 5) is 13.7. The van der Waals surface area contributed by atoms with Crippen LogP contribution in [0.1, 0.15) is 5.56 Å². The minimum atomic E-state index is 0.0000678. The van der Waals surface area contributed by atoms with E-state index in [9.17, 15) is 0 Å². The number of anilines is 3. The van der Waals surface area contributed by atoms with Crippen molar-refractivity contribution in [3.63, 3.8) is 0 Å². The van der Waals surface area contributed by atoms with Gasteiger partial charge in [-0.05, 0) is 31.2 Å². The fourth-order valence-electron chi connectivity index (χ4n) is 2.79. The second kappa shape index (κ2) is 7.43. The monoisotopic (exact) mass is 360 g/mol. The quantitative estimate of drug-likeness (QED) is 0.489. The van der Waals surface area contributed by atoms with Gasteiger partial charge in [0.1, 0.15) is 6.33 Å². The van der Waals surface area contributed by atoms with Gasteiger partial charge in [-0.1, -0.05) is 35.9 Å². The molecule has 4 rings (SSSR count). The molecule has 0 radical (unpaired) electrons. The minimum Gasteiger partial charge on any atom is -0.395 e. The number of aliphatic hydroxyl groups excluding tert-OH is 1. The number of aryl methyl sites for hydroxylation is 1. The second-order valence-electron chi connectivity index (χ2n) is 6.16. The number of hydrogen-bond acceptors (Lipinski definition) is 6. The summed E-state index contributed by atoms with van der Waals surface area (Å²) in [6.45, 7) is 2.42. The number of aromatic nitrogens is 4. The first-order chi connectivity index (χ1) is 13.2. The largest absolute Gasteiger partial charge is 0.395 e. The molecule has 0 saturated heterocycles. The summed E-state index contributed by atoms with van der Waals surface area (Å²) in [6.07, 6.45) is 1.74. The summed E-state index contributed by atoms with van der Waals surface area (Å²) in [6, 6.07) is 18.0. The molecule has 0 saturated carbocycles. The van der Waals surface area contributed by atoms with Crippen molar-refractivity contribution in [2.24, 2.45) is 0 Å². The van der Waals surface area contributed by atoms with Crippen molar-refractivity contribution in [1.29, 1.82) is 0 Å². The summed E-state index contributed by atoms with van der Waals surface area (Å²) in [5.41, 5.74) is 4.43. The maximum absolute atomic E-state index is 9.11. The fraction of sp³-hybridized carbons (Fsp3) is 0.150. The van der Waals surface area contributed by atoms with Crippen molar-refractivity contribution in [1.82, 2.24) is 19.5 Å². The highest BCUT2D eigenvalue weighted by atomic mass is 16.3. The number of nitrogens with one attached hydrogen (secondary N) is 2. The van der Waals surface area contributed by atoms with Gasteiger partial charge < -0.3 is 15.7 Å². The van der Waals surface area contributed by atoms with Crippen LogP contribution >= 0.6 is 0 Å². The molecule has 7 nitrogen and oxygen atoms in total. The van der Waals surface area contributed by atoms with Crippen LogP contribution in [0.3, 0.4) is 0 Å². The number of rotatable bonds is 6. The summed E-state index contributed by atoms with van der Waals surface area (Å²) in [5.74, 6) is 1.04. The Labute approximate surface area is 156 Å². The Morgan fingerprint density at radius 1 is 1.00 bits per heavy atom. The van der Waals surface area contributed by atoms with Crippen LogP contribution in [0, 0.1) is 6.92 Å². The maximum Gasteiger partial charge on any atom is 0.226 e. The van der Waals surface area contributed by atoms with Gasteiger partial charge in [0.15, 0.2) is 17.0 Å². The maximum atomic E-state index is 9.11. The molecule has 7 heteroatoms. The van der Waals surface area contributed by atoms with E-state index in [2.05, 4.69) is 25.6 Å². The zero-order valence-corrected chi connectivity index (χ0v) is 14.9. The van der Waals surface area contributed by atoms with Gasteiger partial charge in [-0.2, -0.15) is 9.97 Å². The summed E-state index contributed by atoms with van der Waals surface area (Å²) in [5, 5.41) is 15.5. The van der Waals surface area contributed by atoms with Gasteiger partial charge in [0.05, 0.1) is 6.61 Å². The molecule has 136 valence electrons. The fourth-order valence-corrected chi connectivity index (χ4v) is 2.79. The Hall–Kier alpha value is -3.45. The lowest BCUT2D eigenvalue weighted by Gasteiger charge is -2.10. The topological polar surface area (TPSA) is 87.9 Å². The minimum absolute atomic E-state index is 0.0000678. The van der Waals surface area contributed by atoms with Crippen LogP contribution < -0.4 is 10.6 Å². The molecule has 0 aliphatic carbocycles. The number of fused-ring (bicyclic) bond motifs is 1. The highest BCUT2D eigenvalue weighted by Gasteiger charge is 2.14. The van der Waals surface area contributed by atoms with Crippen molar-refractivity contribution < 1.29 is 5.11 Å². The van der Waals surface area contributed by atoms with Gasteiger partial charge in [-0.3, -0.25) is 4.57 Å². The zero-order chi connectivity index (χ0) is 18.6. The van der Waals surface area contributed by atoms with Crippen LogP contribution in [0.15, 0.2) is 60.9 Å². The molecule has 0 amide bonds. The molecule has 0 bridgehead atoms. The molecule has 2 aromatic heterocycles. The van der Waals surface area contributed by atoms with Crippen molar-refractivity contribution in [2.45, 2.75) is 6.92 Å². The Morgan fingerprint density at radius 3 is 2.52 bits per heavy atom. The molecule has 0 unspecified atom stereocenters. The standard InChI is InChI=1S/C20H20N6O/c1-14-7-9-15(10-8-14)23-18-17-19(25-20(24-18)21-11-12-27)26(13-22-17)16-5-3-2-4-6-16/h2-10,13,27H,11-12H2,1H3,(H2,21,23,24,25). The van der Waals surface area contributed by atoms with Crippen LogP contribution in [0.4, 0.5) is 17.5 Å². The first-order valence-electron chi connectivity index (χ1n) is 8.73. The van der Waals surface area contributed by atoms with E-state index in [0.717, 1.165) is 11.4 Å². The number of hydrogen-bond donors (Lipinski definition) is 3. The molecule has 0 spiro atoms. The molecule has 0 atom stereocenters. The lowest BCUT2D eigenvalue weighted by Crippen LogP contribution is -2.10. The third kappa shape index (κ3) is 3.58. The summed E-state index contributed by atoms with van der Waals surface area (Å²) < 4.78 is 1.92. The van der Waals surface area contributed by atoms with E-state index in [1.807, 2.05) is 66.1 Å². The predicted molar refractivity (Wildman–Crippen MR) is 107 cm³/mol. The first-order valence-corrected chi connectivity index (χ1v) is 8.73.